The topological polar surface area (TPSA) is 81.2 Å². The SMILES string of the molecule is COc1ccc(Nc2nc(C)nc(NC3CCCCC3C)n2)c(OC)c1. The Balaban J connectivity index is 1.79. The molecule has 2 unspecified atom stereocenters. The number of ether oxygens (including phenoxy) is 2. The summed E-state index contributed by atoms with van der Waals surface area (Å²) in [5.74, 6) is 3.80. The van der Waals surface area contributed by atoms with E-state index in [1.165, 1.54) is 19.3 Å². The van der Waals surface area contributed by atoms with Gasteiger partial charge in [-0.2, -0.15) is 15.0 Å². The van der Waals surface area contributed by atoms with Crippen molar-refractivity contribution in [1.29, 1.82) is 0 Å². The highest BCUT2D eigenvalue weighted by atomic mass is 16.5. The van der Waals surface area contributed by atoms with Crippen LogP contribution in [0.1, 0.15) is 38.4 Å². The maximum absolute atomic E-state index is 5.43. The zero-order valence-electron chi connectivity index (χ0n) is 15.9. The van der Waals surface area contributed by atoms with Crippen LogP contribution >= 0.6 is 0 Å². The first kappa shape index (κ1) is 18.2. The van der Waals surface area contributed by atoms with Crippen molar-refractivity contribution in [3.05, 3.63) is 24.0 Å². The summed E-state index contributed by atoms with van der Waals surface area (Å²) in [6, 6.07) is 5.97. The molecule has 0 aliphatic heterocycles. The molecule has 1 aromatic heterocycles. The van der Waals surface area contributed by atoms with Gasteiger partial charge in [0.1, 0.15) is 17.3 Å². The van der Waals surface area contributed by atoms with E-state index >= 15 is 0 Å². The monoisotopic (exact) mass is 357 g/mol. The predicted molar refractivity (Wildman–Crippen MR) is 102 cm³/mol. The van der Waals surface area contributed by atoms with Crippen LogP contribution in [0.15, 0.2) is 18.2 Å². The van der Waals surface area contributed by atoms with E-state index in [0.717, 1.165) is 17.9 Å². The van der Waals surface area contributed by atoms with E-state index in [2.05, 4.69) is 32.5 Å². The minimum Gasteiger partial charge on any atom is -0.497 e. The molecule has 2 atom stereocenters. The third kappa shape index (κ3) is 4.33. The van der Waals surface area contributed by atoms with E-state index in [-0.39, 0.29) is 0 Å². The molecule has 0 spiro atoms. The number of nitrogens with zero attached hydrogens (tertiary/aromatic N) is 3. The normalized spacial score (nSPS) is 19.7. The maximum Gasteiger partial charge on any atom is 0.232 e. The Morgan fingerprint density at radius 3 is 2.50 bits per heavy atom. The summed E-state index contributed by atoms with van der Waals surface area (Å²) in [5, 5.41) is 6.71. The van der Waals surface area contributed by atoms with Gasteiger partial charge in [0.25, 0.3) is 0 Å². The smallest absolute Gasteiger partial charge is 0.232 e. The molecule has 7 nitrogen and oxygen atoms in total. The van der Waals surface area contributed by atoms with Crippen molar-refractivity contribution >= 4 is 17.6 Å². The van der Waals surface area contributed by atoms with Crippen molar-refractivity contribution in [3.8, 4) is 11.5 Å². The Morgan fingerprint density at radius 1 is 1.00 bits per heavy atom. The minimum absolute atomic E-state index is 0.411. The van der Waals surface area contributed by atoms with Crippen LogP contribution in [0, 0.1) is 12.8 Å². The Morgan fingerprint density at radius 2 is 1.77 bits per heavy atom. The zero-order chi connectivity index (χ0) is 18.5. The van der Waals surface area contributed by atoms with Gasteiger partial charge in [0, 0.05) is 12.1 Å². The first-order valence-electron chi connectivity index (χ1n) is 9.07. The maximum atomic E-state index is 5.43. The predicted octanol–water partition coefficient (Wildman–Crippen LogP) is 3.93. The molecule has 2 N–H and O–H groups in total. The number of aryl methyl sites for hydroxylation is 1. The van der Waals surface area contributed by atoms with Gasteiger partial charge in [0.15, 0.2) is 0 Å². The number of rotatable bonds is 6. The van der Waals surface area contributed by atoms with Crippen molar-refractivity contribution in [2.75, 3.05) is 24.9 Å². The highest BCUT2D eigenvalue weighted by Crippen LogP contribution is 2.31. The van der Waals surface area contributed by atoms with Gasteiger partial charge in [-0.15, -0.1) is 0 Å². The number of benzene rings is 1. The highest BCUT2D eigenvalue weighted by molar-refractivity contribution is 5.64. The molecule has 7 heteroatoms. The van der Waals surface area contributed by atoms with Gasteiger partial charge >= 0.3 is 0 Å². The molecule has 1 aromatic carbocycles. The van der Waals surface area contributed by atoms with E-state index in [0.29, 0.717) is 35.4 Å². The van der Waals surface area contributed by atoms with Crippen molar-refractivity contribution in [3.63, 3.8) is 0 Å². The average Bonchev–Trinajstić information content (AvgIpc) is 2.63. The summed E-state index contributed by atoms with van der Waals surface area (Å²) in [6.07, 6.45) is 4.96. The fraction of sp³-hybridized carbons (Fsp3) is 0.526. The Bertz CT molecular complexity index is 753. The van der Waals surface area contributed by atoms with E-state index < -0.39 is 0 Å². The number of aromatic nitrogens is 3. The first-order valence-corrected chi connectivity index (χ1v) is 9.07. The third-order valence-corrected chi connectivity index (χ3v) is 4.83. The number of nitrogens with one attached hydrogen (secondary N) is 2. The van der Waals surface area contributed by atoms with Crippen molar-refractivity contribution < 1.29 is 9.47 Å². The molecule has 0 amide bonds. The van der Waals surface area contributed by atoms with Gasteiger partial charge in [-0.3, -0.25) is 0 Å². The Labute approximate surface area is 154 Å². The number of hydrogen-bond donors (Lipinski definition) is 2. The fourth-order valence-corrected chi connectivity index (χ4v) is 3.32. The quantitative estimate of drug-likeness (QED) is 0.810. The first-order chi connectivity index (χ1) is 12.6. The number of anilines is 3. The van der Waals surface area contributed by atoms with Gasteiger partial charge < -0.3 is 20.1 Å². The molecule has 0 radical (unpaired) electrons. The largest absolute Gasteiger partial charge is 0.497 e. The molecule has 26 heavy (non-hydrogen) atoms. The van der Waals surface area contributed by atoms with Crippen LogP contribution in [-0.4, -0.2) is 35.2 Å². The molecule has 0 bridgehead atoms. The molecule has 1 heterocycles. The van der Waals surface area contributed by atoms with Gasteiger partial charge in [0.05, 0.1) is 19.9 Å². The number of hydrogen-bond acceptors (Lipinski definition) is 7. The van der Waals surface area contributed by atoms with Crippen LogP contribution in [0.3, 0.4) is 0 Å². The molecular formula is C19H27N5O2. The third-order valence-electron chi connectivity index (χ3n) is 4.83. The van der Waals surface area contributed by atoms with E-state index in [1.807, 2.05) is 25.1 Å². The number of methoxy groups -OCH3 is 2. The molecule has 1 aliphatic carbocycles. The minimum atomic E-state index is 0.411. The lowest BCUT2D eigenvalue weighted by Gasteiger charge is -2.29. The second kappa shape index (κ2) is 8.21. The molecule has 0 saturated heterocycles. The van der Waals surface area contributed by atoms with Crippen molar-refractivity contribution in [2.24, 2.45) is 5.92 Å². The van der Waals surface area contributed by atoms with E-state index in [9.17, 15) is 0 Å². The molecule has 2 aromatic rings. The Kier molecular flexibility index (Phi) is 5.75. The van der Waals surface area contributed by atoms with Gasteiger partial charge in [-0.1, -0.05) is 19.8 Å². The summed E-state index contributed by atoms with van der Waals surface area (Å²) in [7, 11) is 3.25. The van der Waals surface area contributed by atoms with Gasteiger partial charge in [-0.05, 0) is 37.8 Å². The molecule has 1 aliphatic rings. The average molecular weight is 357 g/mol. The van der Waals surface area contributed by atoms with Crippen LogP contribution in [0.2, 0.25) is 0 Å². The zero-order valence-corrected chi connectivity index (χ0v) is 15.9. The summed E-state index contributed by atoms with van der Waals surface area (Å²) >= 11 is 0. The lowest BCUT2D eigenvalue weighted by atomic mass is 9.86. The van der Waals surface area contributed by atoms with Crippen LogP contribution in [0.25, 0.3) is 0 Å². The van der Waals surface area contributed by atoms with Crippen molar-refractivity contribution in [2.45, 2.75) is 45.6 Å². The molecule has 140 valence electrons. The molecule has 3 rings (SSSR count). The Hall–Kier alpha value is -2.57. The lowest BCUT2D eigenvalue weighted by molar-refractivity contribution is 0.348. The summed E-state index contributed by atoms with van der Waals surface area (Å²) in [5.41, 5.74) is 0.774. The van der Waals surface area contributed by atoms with Crippen molar-refractivity contribution in [1.82, 2.24) is 15.0 Å². The summed E-state index contributed by atoms with van der Waals surface area (Å²) < 4.78 is 10.7. The lowest BCUT2D eigenvalue weighted by Crippen LogP contribution is -2.31. The molecule has 1 fully saturated rings. The second-order valence-electron chi connectivity index (χ2n) is 6.73. The van der Waals surface area contributed by atoms with E-state index in [1.54, 1.807) is 14.2 Å². The summed E-state index contributed by atoms with van der Waals surface area (Å²) in [6.45, 7) is 4.15. The van der Waals surface area contributed by atoms with Gasteiger partial charge in [-0.25, -0.2) is 0 Å². The van der Waals surface area contributed by atoms with E-state index in [4.69, 9.17) is 9.47 Å². The van der Waals surface area contributed by atoms with Gasteiger partial charge in [0.2, 0.25) is 11.9 Å². The second-order valence-corrected chi connectivity index (χ2v) is 6.73. The van der Waals surface area contributed by atoms with Crippen LogP contribution in [0.4, 0.5) is 17.6 Å². The summed E-state index contributed by atoms with van der Waals surface area (Å²) in [4.78, 5) is 13.4. The standard InChI is InChI=1S/C19H27N5O2/c1-12-7-5-6-8-15(12)22-18-20-13(2)21-19(24-18)23-16-10-9-14(25-3)11-17(16)26-4/h9-12,15H,5-8H2,1-4H3,(H2,20,21,22,23,24). The van der Waals surface area contributed by atoms with Crippen LogP contribution in [-0.2, 0) is 0 Å². The van der Waals surface area contributed by atoms with Crippen LogP contribution < -0.4 is 20.1 Å². The molecule has 1 saturated carbocycles. The fourth-order valence-electron chi connectivity index (χ4n) is 3.32. The highest BCUT2D eigenvalue weighted by Gasteiger charge is 2.22. The van der Waals surface area contributed by atoms with Crippen LogP contribution in [0.5, 0.6) is 11.5 Å². The molecular weight excluding hydrogens is 330 g/mol.